The van der Waals surface area contributed by atoms with E-state index < -0.39 is 5.97 Å². The summed E-state index contributed by atoms with van der Waals surface area (Å²) in [5, 5.41) is 0. The summed E-state index contributed by atoms with van der Waals surface area (Å²) in [6.45, 7) is 17.1. The molecule has 0 aliphatic rings. The lowest BCUT2D eigenvalue weighted by Gasteiger charge is -2.40. The summed E-state index contributed by atoms with van der Waals surface area (Å²) in [7, 11) is 0. The second-order valence-electron chi connectivity index (χ2n) is 8.94. The molecule has 2 unspecified atom stereocenters. The molecule has 0 aromatic rings. The van der Waals surface area contributed by atoms with E-state index in [1.54, 1.807) is 0 Å². The Hall–Kier alpha value is -0.160. The average Bonchev–Trinajstić information content (AvgIpc) is 2.67. The molecule has 0 bridgehead atoms. The van der Waals surface area contributed by atoms with Crippen LogP contribution >= 0.6 is 0 Å². The van der Waals surface area contributed by atoms with Gasteiger partial charge in [-0.2, -0.15) is 0 Å². The molecule has 0 aromatic carbocycles. The zero-order valence-corrected chi connectivity index (χ0v) is 20.8. The Morgan fingerprint density at radius 2 is 1.14 bits per heavy atom. The number of ether oxygens (including phenoxy) is 4. The van der Waals surface area contributed by atoms with E-state index in [1.165, 1.54) is 38.5 Å². The van der Waals surface area contributed by atoms with Crippen LogP contribution in [0.3, 0.4) is 0 Å². The van der Waals surface area contributed by atoms with Crippen LogP contribution in [0.15, 0.2) is 0 Å². The lowest BCUT2D eigenvalue weighted by molar-refractivity contribution is -0.423. The minimum atomic E-state index is -1.10. The Bertz CT molecular complexity index is 346. The molecule has 29 heavy (non-hydrogen) atoms. The summed E-state index contributed by atoms with van der Waals surface area (Å²) in [4.78, 5) is 0. The SMILES string of the molecule is CCCCCCOC(OCCCCC)(OCC(C)C)C(CCCCC)OC(C)C. The van der Waals surface area contributed by atoms with Crippen molar-refractivity contribution in [3.05, 3.63) is 0 Å². The van der Waals surface area contributed by atoms with Crippen LogP contribution in [-0.4, -0.2) is 38.0 Å². The van der Waals surface area contributed by atoms with E-state index in [0.29, 0.717) is 25.7 Å². The number of rotatable bonds is 21. The van der Waals surface area contributed by atoms with Gasteiger partial charge in [0.25, 0.3) is 0 Å². The van der Waals surface area contributed by atoms with Gasteiger partial charge >= 0.3 is 5.97 Å². The summed E-state index contributed by atoms with van der Waals surface area (Å²) < 4.78 is 25.6. The standard InChI is InChI=1S/C25H52O4/c1-8-11-14-17-20-27-25(28-21-22(4)5,26-19-16-13-10-3)24(29-23(6)7)18-15-12-9-2/h22-24H,8-21H2,1-7H3. The first-order valence-electron chi connectivity index (χ1n) is 12.5. The molecule has 0 rings (SSSR count). The highest BCUT2D eigenvalue weighted by atomic mass is 16.9. The highest BCUT2D eigenvalue weighted by Gasteiger charge is 2.44. The van der Waals surface area contributed by atoms with Gasteiger partial charge in [-0.1, -0.05) is 86.0 Å². The van der Waals surface area contributed by atoms with Gasteiger partial charge in [0.05, 0.1) is 25.9 Å². The largest absolute Gasteiger partial charge is 0.367 e. The Morgan fingerprint density at radius 1 is 0.621 bits per heavy atom. The van der Waals surface area contributed by atoms with E-state index in [2.05, 4.69) is 48.5 Å². The molecular weight excluding hydrogens is 364 g/mol. The van der Waals surface area contributed by atoms with Crippen molar-refractivity contribution in [1.29, 1.82) is 0 Å². The lowest BCUT2D eigenvalue weighted by Crippen LogP contribution is -2.53. The lowest BCUT2D eigenvalue weighted by atomic mass is 10.1. The van der Waals surface area contributed by atoms with Crippen LogP contribution in [0.2, 0.25) is 0 Å². The van der Waals surface area contributed by atoms with Gasteiger partial charge in [0.2, 0.25) is 0 Å². The first kappa shape index (κ1) is 28.8. The maximum Gasteiger partial charge on any atom is 0.310 e. The molecule has 0 spiro atoms. The molecule has 176 valence electrons. The number of hydrogen-bond donors (Lipinski definition) is 0. The molecule has 0 saturated heterocycles. The van der Waals surface area contributed by atoms with Crippen molar-refractivity contribution >= 4 is 0 Å². The van der Waals surface area contributed by atoms with Crippen molar-refractivity contribution in [3.63, 3.8) is 0 Å². The maximum absolute atomic E-state index is 6.43. The molecule has 0 radical (unpaired) electrons. The van der Waals surface area contributed by atoms with Crippen molar-refractivity contribution in [1.82, 2.24) is 0 Å². The smallest absolute Gasteiger partial charge is 0.310 e. The van der Waals surface area contributed by atoms with Gasteiger partial charge in [-0.3, -0.25) is 0 Å². The highest BCUT2D eigenvalue weighted by Crippen LogP contribution is 2.30. The van der Waals surface area contributed by atoms with Crippen LogP contribution in [0.1, 0.15) is 119 Å². The number of hydrogen-bond acceptors (Lipinski definition) is 4. The van der Waals surface area contributed by atoms with Crippen LogP contribution < -0.4 is 0 Å². The molecular formula is C25H52O4. The second-order valence-corrected chi connectivity index (χ2v) is 8.94. The van der Waals surface area contributed by atoms with Gasteiger partial charge in [0, 0.05) is 0 Å². The zero-order chi connectivity index (χ0) is 22.0. The fourth-order valence-corrected chi connectivity index (χ4v) is 3.23. The molecule has 4 nitrogen and oxygen atoms in total. The van der Waals surface area contributed by atoms with E-state index in [1.807, 2.05) is 0 Å². The maximum atomic E-state index is 6.43. The molecule has 0 saturated carbocycles. The summed E-state index contributed by atoms with van der Waals surface area (Å²) in [6, 6.07) is 0. The summed E-state index contributed by atoms with van der Waals surface area (Å²) in [5.41, 5.74) is 0. The molecule has 0 aliphatic carbocycles. The second kappa shape index (κ2) is 18.6. The molecule has 4 heteroatoms. The number of unbranched alkanes of at least 4 members (excludes halogenated alkanes) is 7. The van der Waals surface area contributed by atoms with Gasteiger partial charge in [-0.05, 0) is 39.0 Å². The van der Waals surface area contributed by atoms with Gasteiger partial charge in [-0.15, -0.1) is 0 Å². The van der Waals surface area contributed by atoms with E-state index in [0.717, 1.165) is 32.1 Å². The van der Waals surface area contributed by atoms with Crippen molar-refractivity contribution in [2.45, 2.75) is 137 Å². The van der Waals surface area contributed by atoms with Crippen LogP contribution in [0.25, 0.3) is 0 Å². The van der Waals surface area contributed by atoms with E-state index in [4.69, 9.17) is 18.9 Å². The average molecular weight is 417 g/mol. The Labute approximate surface area is 182 Å². The van der Waals surface area contributed by atoms with E-state index in [9.17, 15) is 0 Å². The molecule has 2 atom stereocenters. The van der Waals surface area contributed by atoms with Crippen molar-refractivity contribution in [3.8, 4) is 0 Å². The van der Waals surface area contributed by atoms with Crippen molar-refractivity contribution in [2.75, 3.05) is 19.8 Å². The van der Waals surface area contributed by atoms with Crippen molar-refractivity contribution < 1.29 is 18.9 Å². The van der Waals surface area contributed by atoms with E-state index >= 15 is 0 Å². The van der Waals surface area contributed by atoms with Crippen LogP contribution in [-0.2, 0) is 18.9 Å². The first-order chi connectivity index (χ1) is 13.9. The predicted molar refractivity (Wildman–Crippen MR) is 123 cm³/mol. The zero-order valence-electron chi connectivity index (χ0n) is 20.8. The summed E-state index contributed by atoms with van der Waals surface area (Å²) in [5.74, 6) is -0.685. The quantitative estimate of drug-likeness (QED) is 0.143. The minimum Gasteiger partial charge on any atom is -0.367 e. The summed E-state index contributed by atoms with van der Waals surface area (Å²) >= 11 is 0. The van der Waals surface area contributed by atoms with Gasteiger partial charge in [-0.25, -0.2) is 0 Å². The molecule has 0 heterocycles. The molecule has 0 aliphatic heterocycles. The normalized spacial score (nSPS) is 15.2. The Morgan fingerprint density at radius 3 is 1.66 bits per heavy atom. The van der Waals surface area contributed by atoms with Crippen LogP contribution in [0.4, 0.5) is 0 Å². The third-order valence-corrected chi connectivity index (χ3v) is 4.87. The fraction of sp³-hybridized carbons (Fsp3) is 1.00. The third kappa shape index (κ3) is 14.5. The monoisotopic (exact) mass is 416 g/mol. The fourth-order valence-electron chi connectivity index (χ4n) is 3.23. The molecule has 0 N–H and O–H groups in total. The first-order valence-corrected chi connectivity index (χ1v) is 12.5. The van der Waals surface area contributed by atoms with Crippen molar-refractivity contribution in [2.24, 2.45) is 5.92 Å². The Balaban J connectivity index is 5.41. The molecule has 0 aromatic heterocycles. The highest BCUT2D eigenvalue weighted by molar-refractivity contribution is 4.75. The minimum absolute atomic E-state index is 0.103. The van der Waals surface area contributed by atoms with Crippen LogP contribution in [0.5, 0.6) is 0 Å². The van der Waals surface area contributed by atoms with Crippen LogP contribution in [0, 0.1) is 5.92 Å². The van der Waals surface area contributed by atoms with Gasteiger partial charge in [0.15, 0.2) is 0 Å². The van der Waals surface area contributed by atoms with Gasteiger partial charge < -0.3 is 18.9 Å². The predicted octanol–water partition coefficient (Wildman–Crippen LogP) is 7.49. The topological polar surface area (TPSA) is 36.9 Å². The molecule has 0 fully saturated rings. The third-order valence-electron chi connectivity index (χ3n) is 4.87. The Kier molecular flexibility index (Phi) is 18.5. The van der Waals surface area contributed by atoms with E-state index in [-0.39, 0.29) is 12.2 Å². The molecule has 0 amide bonds. The summed E-state index contributed by atoms with van der Waals surface area (Å²) in [6.07, 6.45) is 12.3. The van der Waals surface area contributed by atoms with Gasteiger partial charge in [0.1, 0.15) is 6.10 Å².